The first kappa shape index (κ1) is 13.0. The van der Waals surface area contributed by atoms with Crippen LogP contribution in [0.1, 0.15) is 18.2 Å². The van der Waals surface area contributed by atoms with Crippen molar-refractivity contribution in [3.63, 3.8) is 0 Å². The molecule has 3 nitrogen and oxygen atoms in total. The van der Waals surface area contributed by atoms with Gasteiger partial charge in [-0.05, 0) is 59.6 Å². The van der Waals surface area contributed by atoms with Crippen LogP contribution in [0, 0.1) is 6.92 Å². The molecule has 0 fully saturated rings. The van der Waals surface area contributed by atoms with Crippen molar-refractivity contribution in [1.29, 1.82) is 0 Å². The van der Waals surface area contributed by atoms with Crippen molar-refractivity contribution < 1.29 is 9.15 Å². The third-order valence-electron chi connectivity index (χ3n) is 2.52. The predicted octanol–water partition coefficient (Wildman–Crippen LogP) is 4.36. The molecule has 1 N–H and O–H groups in total. The van der Waals surface area contributed by atoms with Crippen LogP contribution >= 0.6 is 15.9 Å². The lowest BCUT2D eigenvalue weighted by molar-refractivity contribution is 0.341. The van der Waals surface area contributed by atoms with Gasteiger partial charge in [-0.1, -0.05) is 6.07 Å². The van der Waals surface area contributed by atoms with Gasteiger partial charge in [0.1, 0.15) is 11.5 Å². The second kappa shape index (κ2) is 5.96. The highest BCUT2D eigenvalue weighted by Crippen LogP contribution is 2.26. The van der Waals surface area contributed by atoms with Crippen molar-refractivity contribution in [1.82, 2.24) is 0 Å². The van der Waals surface area contributed by atoms with Crippen LogP contribution in [0.2, 0.25) is 0 Å². The van der Waals surface area contributed by atoms with Gasteiger partial charge in [0, 0.05) is 0 Å². The summed E-state index contributed by atoms with van der Waals surface area (Å²) in [4.78, 5) is 0. The Bertz CT molecular complexity index is 522. The van der Waals surface area contributed by atoms with Crippen molar-refractivity contribution in [3.05, 3.63) is 46.3 Å². The Labute approximate surface area is 115 Å². The van der Waals surface area contributed by atoms with Gasteiger partial charge in [0.2, 0.25) is 0 Å². The van der Waals surface area contributed by atoms with E-state index in [2.05, 4.69) is 34.2 Å². The fourth-order valence-corrected chi connectivity index (χ4v) is 2.02. The predicted molar refractivity (Wildman–Crippen MR) is 76.1 cm³/mol. The quantitative estimate of drug-likeness (QED) is 0.891. The molecule has 1 aromatic heterocycles. The summed E-state index contributed by atoms with van der Waals surface area (Å²) in [5.41, 5.74) is 2.17. The number of ether oxygens (including phenoxy) is 1. The Hall–Kier alpha value is -1.42. The zero-order valence-electron chi connectivity index (χ0n) is 10.5. The fraction of sp³-hybridized carbons (Fsp3) is 0.286. The number of benzene rings is 1. The lowest BCUT2D eigenvalue weighted by Gasteiger charge is -2.12. The molecule has 0 saturated carbocycles. The molecule has 0 spiro atoms. The van der Waals surface area contributed by atoms with Crippen LogP contribution in [0.25, 0.3) is 0 Å². The third kappa shape index (κ3) is 3.29. The summed E-state index contributed by atoms with van der Waals surface area (Å²) < 4.78 is 11.8. The van der Waals surface area contributed by atoms with E-state index < -0.39 is 0 Å². The average Bonchev–Trinajstić information content (AvgIpc) is 2.75. The maximum atomic E-state index is 5.61. The van der Waals surface area contributed by atoms with Gasteiger partial charge < -0.3 is 14.5 Å². The molecule has 0 bridgehead atoms. The van der Waals surface area contributed by atoms with Crippen molar-refractivity contribution in [3.8, 4) is 5.75 Å². The molecule has 0 atom stereocenters. The highest BCUT2D eigenvalue weighted by atomic mass is 79.9. The summed E-state index contributed by atoms with van der Waals surface area (Å²) >= 11 is 3.29. The SMILES string of the molecule is CCOc1cc(C)ccc1NCc1ccc(Br)o1. The minimum Gasteiger partial charge on any atom is -0.492 e. The number of rotatable bonds is 5. The Morgan fingerprint density at radius 1 is 1.28 bits per heavy atom. The molecule has 2 rings (SSSR count). The van der Waals surface area contributed by atoms with Gasteiger partial charge in [-0.2, -0.15) is 0 Å². The molecule has 0 aliphatic heterocycles. The molecule has 0 aliphatic rings. The van der Waals surface area contributed by atoms with E-state index in [0.29, 0.717) is 13.2 Å². The van der Waals surface area contributed by atoms with Gasteiger partial charge in [-0.3, -0.25) is 0 Å². The van der Waals surface area contributed by atoms with Gasteiger partial charge in [0.15, 0.2) is 4.67 Å². The number of hydrogen-bond donors (Lipinski definition) is 1. The Balaban J connectivity index is 2.08. The number of hydrogen-bond acceptors (Lipinski definition) is 3. The van der Waals surface area contributed by atoms with Crippen molar-refractivity contribution in [2.75, 3.05) is 11.9 Å². The Morgan fingerprint density at radius 2 is 2.11 bits per heavy atom. The monoisotopic (exact) mass is 309 g/mol. The van der Waals surface area contributed by atoms with Crippen molar-refractivity contribution in [2.24, 2.45) is 0 Å². The lowest BCUT2D eigenvalue weighted by Crippen LogP contribution is -2.02. The molecule has 2 aromatic rings. The molecule has 0 saturated heterocycles. The van der Waals surface area contributed by atoms with E-state index >= 15 is 0 Å². The van der Waals surface area contributed by atoms with Crippen LogP contribution in [-0.2, 0) is 6.54 Å². The maximum Gasteiger partial charge on any atom is 0.169 e. The molecule has 18 heavy (non-hydrogen) atoms. The van der Waals surface area contributed by atoms with Gasteiger partial charge >= 0.3 is 0 Å². The zero-order chi connectivity index (χ0) is 13.0. The van der Waals surface area contributed by atoms with Crippen LogP contribution in [0.5, 0.6) is 5.75 Å². The number of nitrogens with one attached hydrogen (secondary N) is 1. The molecule has 96 valence electrons. The molecule has 1 heterocycles. The third-order valence-corrected chi connectivity index (χ3v) is 2.95. The van der Waals surface area contributed by atoms with E-state index in [0.717, 1.165) is 21.9 Å². The van der Waals surface area contributed by atoms with E-state index in [1.165, 1.54) is 5.56 Å². The zero-order valence-corrected chi connectivity index (χ0v) is 12.1. The summed E-state index contributed by atoms with van der Waals surface area (Å²) in [6, 6.07) is 9.94. The van der Waals surface area contributed by atoms with Crippen LogP contribution in [-0.4, -0.2) is 6.61 Å². The van der Waals surface area contributed by atoms with E-state index in [-0.39, 0.29) is 0 Å². The number of halogens is 1. The van der Waals surface area contributed by atoms with Crippen molar-refractivity contribution >= 4 is 21.6 Å². The summed E-state index contributed by atoms with van der Waals surface area (Å²) in [5.74, 6) is 1.76. The van der Waals surface area contributed by atoms with Crippen LogP contribution in [0.3, 0.4) is 0 Å². The summed E-state index contributed by atoms with van der Waals surface area (Å²) in [5, 5.41) is 3.32. The van der Waals surface area contributed by atoms with Crippen LogP contribution in [0.15, 0.2) is 39.4 Å². The van der Waals surface area contributed by atoms with Crippen LogP contribution in [0.4, 0.5) is 5.69 Å². The number of aryl methyl sites for hydroxylation is 1. The molecule has 0 amide bonds. The normalized spacial score (nSPS) is 10.4. The van der Waals surface area contributed by atoms with E-state index in [1.807, 2.05) is 31.2 Å². The maximum absolute atomic E-state index is 5.61. The molecule has 4 heteroatoms. The minimum absolute atomic E-state index is 0.634. The van der Waals surface area contributed by atoms with Gasteiger partial charge in [0.05, 0.1) is 18.8 Å². The highest BCUT2D eigenvalue weighted by Gasteiger charge is 2.05. The largest absolute Gasteiger partial charge is 0.492 e. The lowest BCUT2D eigenvalue weighted by atomic mass is 10.2. The number of anilines is 1. The number of furan rings is 1. The molecule has 0 radical (unpaired) electrons. The van der Waals surface area contributed by atoms with E-state index in [9.17, 15) is 0 Å². The summed E-state index contributed by atoms with van der Waals surface area (Å²) in [7, 11) is 0. The molecular formula is C14H16BrNO2. The summed E-state index contributed by atoms with van der Waals surface area (Å²) in [6.07, 6.45) is 0. The fourth-order valence-electron chi connectivity index (χ4n) is 1.68. The minimum atomic E-state index is 0.634. The second-order valence-electron chi connectivity index (χ2n) is 3.99. The van der Waals surface area contributed by atoms with Gasteiger partial charge in [-0.15, -0.1) is 0 Å². The van der Waals surface area contributed by atoms with Crippen molar-refractivity contribution in [2.45, 2.75) is 20.4 Å². The first-order valence-electron chi connectivity index (χ1n) is 5.90. The van der Waals surface area contributed by atoms with E-state index in [1.54, 1.807) is 0 Å². The summed E-state index contributed by atoms with van der Waals surface area (Å²) in [6.45, 7) is 5.32. The molecule has 0 unspecified atom stereocenters. The topological polar surface area (TPSA) is 34.4 Å². The molecule has 1 aromatic carbocycles. The van der Waals surface area contributed by atoms with Gasteiger partial charge in [-0.25, -0.2) is 0 Å². The van der Waals surface area contributed by atoms with E-state index in [4.69, 9.17) is 9.15 Å². The Kier molecular flexibility index (Phi) is 4.31. The average molecular weight is 310 g/mol. The highest BCUT2D eigenvalue weighted by molar-refractivity contribution is 9.10. The standard InChI is InChI=1S/C14H16BrNO2/c1-3-17-13-8-10(2)4-6-12(13)16-9-11-5-7-14(15)18-11/h4-8,16H,3,9H2,1-2H3. The first-order valence-corrected chi connectivity index (χ1v) is 6.70. The van der Waals surface area contributed by atoms with Crippen LogP contribution < -0.4 is 10.1 Å². The molecule has 0 aliphatic carbocycles. The molecular weight excluding hydrogens is 294 g/mol. The van der Waals surface area contributed by atoms with Gasteiger partial charge in [0.25, 0.3) is 0 Å². The smallest absolute Gasteiger partial charge is 0.169 e. The second-order valence-corrected chi connectivity index (χ2v) is 4.77. The first-order chi connectivity index (χ1) is 8.69. The Morgan fingerprint density at radius 3 is 2.78 bits per heavy atom.